The Labute approximate surface area is 182 Å². The Morgan fingerprint density at radius 1 is 1.11 bits per heavy atom. The van der Waals surface area contributed by atoms with Gasteiger partial charge in [0.1, 0.15) is 10.8 Å². The zero-order chi connectivity index (χ0) is 19.3. The molecule has 28 heavy (non-hydrogen) atoms. The molecule has 0 fully saturated rings. The second-order valence-electron chi connectivity index (χ2n) is 5.80. The molecule has 2 heterocycles. The smallest absolute Gasteiger partial charge is 0.206 e. The van der Waals surface area contributed by atoms with E-state index >= 15 is 0 Å². The maximum Gasteiger partial charge on any atom is 0.206 e. The van der Waals surface area contributed by atoms with Gasteiger partial charge in [-0.2, -0.15) is 0 Å². The molecule has 0 radical (unpaired) electrons. The van der Waals surface area contributed by atoms with E-state index in [1.807, 2.05) is 12.1 Å². The molecular formula is C19H14BrFN4S3. The van der Waals surface area contributed by atoms with Gasteiger partial charge in [0.05, 0.1) is 5.69 Å². The lowest BCUT2D eigenvalue weighted by atomic mass is 10.2. The van der Waals surface area contributed by atoms with Crippen molar-refractivity contribution in [3.8, 4) is 10.6 Å². The van der Waals surface area contributed by atoms with Crippen molar-refractivity contribution in [3.63, 3.8) is 0 Å². The number of rotatable bonds is 7. The van der Waals surface area contributed by atoms with Crippen molar-refractivity contribution < 1.29 is 4.39 Å². The Bertz CT molecular complexity index is 1060. The molecule has 142 valence electrons. The van der Waals surface area contributed by atoms with Crippen LogP contribution in [0.4, 0.5) is 9.52 Å². The fraction of sp³-hybridized carbons (Fsp3) is 0.105. The third-order valence-corrected chi connectivity index (χ3v) is 7.21. The van der Waals surface area contributed by atoms with Crippen molar-refractivity contribution >= 4 is 55.5 Å². The van der Waals surface area contributed by atoms with Crippen LogP contribution >= 0.6 is 50.4 Å². The first kappa shape index (κ1) is 19.5. The summed E-state index contributed by atoms with van der Waals surface area (Å²) >= 11 is 8.26. The lowest BCUT2D eigenvalue weighted by Gasteiger charge is -2.01. The van der Waals surface area contributed by atoms with Crippen LogP contribution in [-0.2, 0) is 12.3 Å². The van der Waals surface area contributed by atoms with Crippen molar-refractivity contribution in [3.05, 3.63) is 75.5 Å². The van der Waals surface area contributed by atoms with E-state index in [4.69, 9.17) is 4.98 Å². The molecule has 0 saturated heterocycles. The first-order chi connectivity index (χ1) is 13.7. The number of nitrogens with one attached hydrogen (secondary N) is 1. The van der Waals surface area contributed by atoms with E-state index in [9.17, 15) is 4.39 Å². The fourth-order valence-electron chi connectivity index (χ4n) is 2.38. The van der Waals surface area contributed by atoms with E-state index in [0.29, 0.717) is 6.54 Å². The average Bonchev–Trinajstić information content (AvgIpc) is 3.35. The summed E-state index contributed by atoms with van der Waals surface area (Å²) in [4.78, 5) is 4.71. The van der Waals surface area contributed by atoms with Gasteiger partial charge in [-0.25, -0.2) is 9.37 Å². The van der Waals surface area contributed by atoms with Gasteiger partial charge in [0.15, 0.2) is 4.34 Å². The van der Waals surface area contributed by atoms with E-state index in [1.165, 1.54) is 23.5 Å². The van der Waals surface area contributed by atoms with Gasteiger partial charge in [-0.3, -0.25) is 0 Å². The third kappa shape index (κ3) is 5.16. The Balaban J connectivity index is 1.31. The molecule has 0 unspecified atom stereocenters. The van der Waals surface area contributed by atoms with Gasteiger partial charge in [0, 0.05) is 27.7 Å². The van der Waals surface area contributed by atoms with Crippen LogP contribution in [0.3, 0.4) is 0 Å². The molecule has 0 atom stereocenters. The van der Waals surface area contributed by atoms with Crippen molar-refractivity contribution in [2.45, 2.75) is 16.6 Å². The van der Waals surface area contributed by atoms with Crippen molar-refractivity contribution in [2.24, 2.45) is 0 Å². The van der Waals surface area contributed by atoms with Crippen LogP contribution < -0.4 is 5.32 Å². The first-order valence-electron chi connectivity index (χ1n) is 8.31. The maximum absolute atomic E-state index is 12.9. The van der Waals surface area contributed by atoms with Gasteiger partial charge in [-0.15, -0.1) is 21.5 Å². The molecule has 9 heteroatoms. The van der Waals surface area contributed by atoms with Gasteiger partial charge in [-0.1, -0.05) is 63.3 Å². The highest BCUT2D eigenvalue weighted by Crippen LogP contribution is 2.31. The maximum atomic E-state index is 12.9. The van der Waals surface area contributed by atoms with Crippen LogP contribution in [-0.4, -0.2) is 15.2 Å². The van der Waals surface area contributed by atoms with E-state index in [-0.39, 0.29) is 5.82 Å². The van der Waals surface area contributed by atoms with Crippen LogP contribution in [0.2, 0.25) is 0 Å². The van der Waals surface area contributed by atoms with E-state index in [1.54, 1.807) is 35.2 Å². The Morgan fingerprint density at radius 3 is 2.79 bits per heavy atom. The highest BCUT2D eigenvalue weighted by atomic mass is 79.9. The molecule has 4 nitrogen and oxygen atoms in total. The molecule has 2 aromatic carbocycles. The predicted octanol–water partition coefficient (Wildman–Crippen LogP) is 6.47. The second kappa shape index (κ2) is 9.13. The number of hydrogen-bond donors (Lipinski definition) is 1. The average molecular weight is 493 g/mol. The minimum Gasteiger partial charge on any atom is -0.356 e. The van der Waals surface area contributed by atoms with E-state index in [2.05, 4.69) is 49.0 Å². The number of thiazole rings is 1. The standard InChI is InChI=1S/C19H14BrFN4S3/c20-14-3-1-2-13(8-14)17-23-16(10-26-17)11-27-19-25-24-18(28-19)22-9-12-4-6-15(21)7-5-12/h1-8,10H,9,11H2,(H,22,24). The Kier molecular flexibility index (Phi) is 6.36. The normalized spacial score (nSPS) is 10.9. The molecule has 0 bridgehead atoms. The SMILES string of the molecule is Fc1ccc(CNc2nnc(SCc3csc(-c4cccc(Br)c4)n3)s2)cc1. The largest absolute Gasteiger partial charge is 0.356 e. The molecule has 4 aromatic rings. The summed E-state index contributed by atoms with van der Waals surface area (Å²) < 4.78 is 14.9. The highest BCUT2D eigenvalue weighted by molar-refractivity contribution is 9.10. The molecule has 0 spiro atoms. The summed E-state index contributed by atoms with van der Waals surface area (Å²) in [7, 11) is 0. The number of nitrogens with zero attached hydrogens (tertiary/aromatic N) is 3. The summed E-state index contributed by atoms with van der Waals surface area (Å²) in [6.07, 6.45) is 0. The minimum absolute atomic E-state index is 0.233. The van der Waals surface area contributed by atoms with Crippen LogP contribution in [0.15, 0.2) is 62.7 Å². The number of thioether (sulfide) groups is 1. The third-order valence-electron chi connectivity index (χ3n) is 3.73. The highest BCUT2D eigenvalue weighted by Gasteiger charge is 2.09. The molecule has 0 aliphatic heterocycles. The van der Waals surface area contributed by atoms with Crippen molar-refractivity contribution in [2.75, 3.05) is 5.32 Å². The van der Waals surface area contributed by atoms with Gasteiger partial charge in [0.2, 0.25) is 5.13 Å². The zero-order valence-corrected chi connectivity index (χ0v) is 18.5. The van der Waals surface area contributed by atoms with Gasteiger partial charge in [-0.05, 0) is 29.8 Å². The van der Waals surface area contributed by atoms with Crippen LogP contribution in [0.25, 0.3) is 10.6 Å². The Morgan fingerprint density at radius 2 is 1.96 bits per heavy atom. The summed E-state index contributed by atoms with van der Waals surface area (Å²) in [5.41, 5.74) is 3.13. The van der Waals surface area contributed by atoms with Crippen molar-refractivity contribution in [1.82, 2.24) is 15.2 Å². The van der Waals surface area contributed by atoms with Gasteiger partial charge in [0.25, 0.3) is 0 Å². The molecular weight excluding hydrogens is 479 g/mol. The molecule has 0 aliphatic carbocycles. The molecule has 0 amide bonds. The van der Waals surface area contributed by atoms with Gasteiger partial charge < -0.3 is 5.32 Å². The number of anilines is 1. The number of halogens is 2. The fourth-order valence-corrected chi connectivity index (χ4v) is 5.34. The minimum atomic E-state index is -0.233. The molecule has 2 aromatic heterocycles. The zero-order valence-electron chi connectivity index (χ0n) is 14.4. The number of benzene rings is 2. The van der Waals surface area contributed by atoms with Crippen LogP contribution in [0.1, 0.15) is 11.3 Å². The van der Waals surface area contributed by atoms with E-state index < -0.39 is 0 Å². The Hall–Kier alpha value is -1.81. The van der Waals surface area contributed by atoms with Gasteiger partial charge >= 0.3 is 0 Å². The van der Waals surface area contributed by atoms with Crippen LogP contribution in [0.5, 0.6) is 0 Å². The quantitative estimate of drug-likeness (QED) is 0.299. The predicted molar refractivity (Wildman–Crippen MR) is 118 cm³/mol. The topological polar surface area (TPSA) is 50.7 Å². The first-order valence-corrected chi connectivity index (χ1v) is 11.8. The summed E-state index contributed by atoms with van der Waals surface area (Å²) in [5.74, 6) is 0.514. The molecule has 0 aliphatic rings. The summed E-state index contributed by atoms with van der Waals surface area (Å²) in [5, 5.41) is 15.4. The monoisotopic (exact) mass is 492 g/mol. The molecule has 4 rings (SSSR count). The van der Waals surface area contributed by atoms with Crippen LogP contribution in [0, 0.1) is 5.82 Å². The number of aromatic nitrogens is 3. The summed E-state index contributed by atoms with van der Waals surface area (Å²) in [6.45, 7) is 0.585. The lowest BCUT2D eigenvalue weighted by molar-refractivity contribution is 0.627. The van der Waals surface area contributed by atoms with Crippen molar-refractivity contribution in [1.29, 1.82) is 0 Å². The number of hydrogen-bond acceptors (Lipinski definition) is 7. The van der Waals surface area contributed by atoms with E-state index in [0.717, 1.165) is 41.5 Å². The lowest BCUT2D eigenvalue weighted by Crippen LogP contribution is -1.98. The molecule has 0 saturated carbocycles. The summed E-state index contributed by atoms with van der Waals surface area (Å²) in [6, 6.07) is 14.6. The second-order valence-corrected chi connectivity index (χ2v) is 9.77. The molecule has 1 N–H and O–H groups in total.